The minimum Gasteiger partial charge on any atom is -0.289 e. The molecule has 0 aliphatic heterocycles. The molecule has 0 rings (SSSR count). The summed E-state index contributed by atoms with van der Waals surface area (Å²) < 4.78 is 74.7. The van der Waals surface area contributed by atoms with Gasteiger partial charge >= 0.3 is 11.0 Å². The predicted octanol–water partition coefficient (Wildman–Crippen LogP) is 3.66. The molecule has 0 unspecified atom stereocenters. The molecule has 0 aliphatic carbocycles. The van der Waals surface area contributed by atoms with Gasteiger partial charge in [0.15, 0.2) is 8.24 Å². The summed E-state index contributed by atoms with van der Waals surface area (Å²) in [6.07, 6.45) is 0. The topological polar surface area (TPSA) is 12.4 Å². The summed E-state index contributed by atoms with van der Waals surface area (Å²) in [5.41, 5.74) is -10.6. The number of nitrogens with zero attached hydrogens (tertiary/aromatic N) is 1. The van der Waals surface area contributed by atoms with Gasteiger partial charge in [-0.05, 0) is 19.6 Å². The lowest BCUT2D eigenvalue weighted by atomic mass is 11.5. The average molecular weight is 257 g/mol. The molecule has 1 nitrogen and oxygen atoms in total. The second-order valence-electron chi connectivity index (χ2n) is 3.44. The van der Waals surface area contributed by atoms with E-state index in [-0.39, 0.29) is 0 Å². The summed E-state index contributed by atoms with van der Waals surface area (Å²) in [5, 5.41) is 0. The predicted molar refractivity (Wildman–Crippen MR) is 45.2 cm³/mol. The van der Waals surface area contributed by atoms with E-state index in [9.17, 15) is 26.3 Å². The Morgan fingerprint density at radius 2 is 1.14 bits per heavy atom. The zero-order chi connectivity index (χ0) is 11.8. The molecule has 14 heavy (non-hydrogen) atoms. The molecule has 86 valence electrons. The normalized spacial score (nSPS) is 14.7. The molecule has 0 fully saturated rings. The van der Waals surface area contributed by atoms with E-state index < -0.39 is 29.9 Å². The Kier molecular flexibility index (Phi) is 3.82. The van der Waals surface area contributed by atoms with E-state index in [1.54, 1.807) is 0 Å². The molecule has 0 N–H and O–H groups in total. The van der Waals surface area contributed by atoms with Crippen molar-refractivity contribution in [2.45, 2.75) is 30.7 Å². The Balaban J connectivity index is 5.26. The highest BCUT2D eigenvalue weighted by Gasteiger charge is 2.52. The molecule has 0 saturated carbocycles. The van der Waals surface area contributed by atoms with Crippen LogP contribution >= 0.6 is 0 Å². The van der Waals surface area contributed by atoms with Crippen LogP contribution in [0.5, 0.6) is 0 Å². The lowest BCUT2D eigenvalue weighted by Crippen LogP contribution is -2.33. The smallest absolute Gasteiger partial charge is 0.289 e. The van der Waals surface area contributed by atoms with Crippen LogP contribution in [-0.4, -0.2) is 19.3 Å². The molecule has 0 heterocycles. The van der Waals surface area contributed by atoms with Gasteiger partial charge in [0.1, 0.15) is 0 Å². The molecule has 0 aliphatic rings. The third-order valence-electron chi connectivity index (χ3n) is 0.804. The van der Waals surface area contributed by atoms with Gasteiger partial charge in [-0.15, -0.1) is 0 Å². The van der Waals surface area contributed by atoms with Gasteiger partial charge in [-0.1, -0.05) is 0 Å². The summed E-state index contributed by atoms with van der Waals surface area (Å²) >= 11 is 0. The Morgan fingerprint density at radius 3 is 1.21 bits per heavy atom. The number of halogens is 6. The first-order chi connectivity index (χ1) is 5.84. The maximum atomic E-state index is 12.0. The van der Waals surface area contributed by atoms with Gasteiger partial charge in [0.25, 0.3) is 0 Å². The van der Waals surface area contributed by atoms with Gasteiger partial charge in [0.05, 0.1) is 10.7 Å². The van der Waals surface area contributed by atoms with Gasteiger partial charge in [0, 0.05) is 0 Å². The second-order valence-corrected chi connectivity index (χ2v) is 10.0. The maximum Gasteiger partial charge on any atom is 0.459 e. The standard InChI is InChI=1S/C5H9F6NSSi/c1-14(2,3)12-13(4(6,7)8)5(9,10)11/h1-3H3. The molecule has 0 saturated heterocycles. The van der Waals surface area contributed by atoms with Crippen molar-refractivity contribution in [2.24, 2.45) is 4.03 Å². The van der Waals surface area contributed by atoms with Crippen molar-refractivity contribution in [2.75, 3.05) is 0 Å². The molecular formula is C5H9F6NSSi. The number of alkyl halides is 6. The van der Waals surface area contributed by atoms with Crippen LogP contribution in [0.4, 0.5) is 26.3 Å². The summed E-state index contributed by atoms with van der Waals surface area (Å²) in [5.74, 6) is 0. The van der Waals surface area contributed by atoms with Gasteiger partial charge < -0.3 is 0 Å². The fourth-order valence-electron chi connectivity index (χ4n) is 0.509. The first-order valence-electron chi connectivity index (χ1n) is 3.45. The Morgan fingerprint density at radius 1 is 0.857 bits per heavy atom. The van der Waals surface area contributed by atoms with E-state index in [1.165, 1.54) is 19.6 Å². The van der Waals surface area contributed by atoms with Crippen LogP contribution in [0.2, 0.25) is 19.6 Å². The van der Waals surface area contributed by atoms with Crippen molar-refractivity contribution in [3.63, 3.8) is 0 Å². The lowest BCUT2D eigenvalue weighted by Gasteiger charge is -2.19. The fourth-order valence-corrected chi connectivity index (χ4v) is 3.79. The van der Waals surface area contributed by atoms with E-state index in [0.29, 0.717) is 0 Å². The molecule has 0 radical (unpaired) electrons. The molecule has 0 amide bonds. The van der Waals surface area contributed by atoms with E-state index >= 15 is 0 Å². The third kappa shape index (κ3) is 4.98. The molecule has 0 atom stereocenters. The van der Waals surface area contributed by atoms with E-state index in [0.717, 1.165) is 0 Å². The van der Waals surface area contributed by atoms with Crippen molar-refractivity contribution < 1.29 is 26.3 Å². The van der Waals surface area contributed by atoms with E-state index in [4.69, 9.17) is 0 Å². The SMILES string of the molecule is C[Si](C)(C)N=S(C(F)(F)F)C(F)(F)F. The van der Waals surface area contributed by atoms with Crippen LogP contribution in [0.25, 0.3) is 0 Å². The quantitative estimate of drug-likeness (QED) is 0.502. The van der Waals surface area contributed by atoms with Crippen LogP contribution in [-0.2, 0) is 10.7 Å². The lowest BCUT2D eigenvalue weighted by molar-refractivity contribution is -0.0747. The highest BCUT2D eigenvalue weighted by Crippen LogP contribution is 2.36. The minimum atomic E-state index is -5.32. The molecular weight excluding hydrogens is 248 g/mol. The fraction of sp³-hybridized carbons (Fsp3) is 1.00. The summed E-state index contributed by atoms with van der Waals surface area (Å²) in [6.45, 7) is 3.97. The van der Waals surface area contributed by atoms with Gasteiger partial charge in [0.2, 0.25) is 0 Å². The van der Waals surface area contributed by atoms with Gasteiger partial charge in [-0.3, -0.25) is 4.03 Å². The van der Waals surface area contributed by atoms with Crippen molar-refractivity contribution >= 4 is 18.9 Å². The maximum absolute atomic E-state index is 12.0. The Labute approximate surface area is 80.7 Å². The van der Waals surface area contributed by atoms with E-state index in [1.807, 2.05) is 0 Å². The third-order valence-corrected chi connectivity index (χ3v) is 4.60. The van der Waals surface area contributed by atoms with Crippen molar-refractivity contribution in [1.82, 2.24) is 0 Å². The average Bonchev–Trinajstić information content (AvgIpc) is 1.75. The van der Waals surface area contributed by atoms with E-state index in [2.05, 4.69) is 4.03 Å². The van der Waals surface area contributed by atoms with Gasteiger partial charge in [-0.2, -0.15) is 26.3 Å². The molecule has 0 aromatic heterocycles. The first-order valence-corrected chi connectivity index (χ1v) is 8.08. The van der Waals surface area contributed by atoms with Crippen LogP contribution in [0.3, 0.4) is 0 Å². The highest BCUT2D eigenvalue weighted by molar-refractivity contribution is 7.89. The zero-order valence-electron chi connectivity index (χ0n) is 7.62. The van der Waals surface area contributed by atoms with Crippen LogP contribution in [0.15, 0.2) is 4.03 Å². The molecule has 9 heteroatoms. The molecule has 0 bridgehead atoms. The Hall–Kier alpha value is -0.0531. The number of hydrogen-bond acceptors (Lipinski definition) is 1. The molecule has 0 aromatic carbocycles. The largest absolute Gasteiger partial charge is 0.459 e. The second kappa shape index (κ2) is 3.84. The van der Waals surface area contributed by atoms with Crippen molar-refractivity contribution in [3.05, 3.63) is 0 Å². The van der Waals surface area contributed by atoms with Crippen LogP contribution in [0, 0.1) is 0 Å². The number of hydrogen-bond donors (Lipinski definition) is 0. The molecule has 0 spiro atoms. The van der Waals surface area contributed by atoms with Gasteiger partial charge in [-0.25, -0.2) is 0 Å². The summed E-state index contributed by atoms with van der Waals surface area (Å²) in [6, 6.07) is 0. The van der Waals surface area contributed by atoms with Crippen molar-refractivity contribution in [3.8, 4) is 0 Å². The zero-order valence-corrected chi connectivity index (χ0v) is 9.44. The highest BCUT2D eigenvalue weighted by atomic mass is 32.2. The monoisotopic (exact) mass is 257 g/mol. The Bertz CT molecular complexity index is 220. The molecule has 0 aromatic rings. The van der Waals surface area contributed by atoms with Crippen LogP contribution in [0.1, 0.15) is 0 Å². The summed E-state index contributed by atoms with van der Waals surface area (Å²) in [7, 11) is -6.58. The minimum absolute atomic E-state index is 1.32. The first kappa shape index (κ1) is 13.9. The number of rotatable bonds is 1. The van der Waals surface area contributed by atoms with Crippen LogP contribution < -0.4 is 0 Å². The van der Waals surface area contributed by atoms with Crippen molar-refractivity contribution in [1.29, 1.82) is 0 Å². The summed E-state index contributed by atoms with van der Waals surface area (Å²) in [4.78, 5) is 0.